The summed E-state index contributed by atoms with van der Waals surface area (Å²) in [5.41, 5.74) is 2.56. The molecule has 1 N–H and O–H groups in total. The lowest BCUT2D eigenvalue weighted by molar-refractivity contribution is 0.397. The number of pyridine rings is 1. The standard InChI is InChI=1S/C17H20N6O/c1-11-6-12(2)21-17(14(11)8-18)23-5-4-13(9-23)22-15-7-16(24-3)20-10-19-15/h6-7,10,13H,4-5,9H2,1-3H3,(H,19,20,22). The molecule has 0 spiro atoms. The topological polar surface area (TPSA) is 87.0 Å². The zero-order valence-electron chi connectivity index (χ0n) is 14.1. The number of methoxy groups -OCH3 is 1. The maximum Gasteiger partial charge on any atom is 0.218 e. The van der Waals surface area contributed by atoms with Gasteiger partial charge in [-0.05, 0) is 31.9 Å². The molecule has 7 nitrogen and oxygen atoms in total. The Bertz CT molecular complexity index is 785. The highest BCUT2D eigenvalue weighted by Crippen LogP contribution is 2.26. The molecule has 3 heterocycles. The van der Waals surface area contributed by atoms with Crippen LogP contribution in [0.2, 0.25) is 0 Å². The summed E-state index contributed by atoms with van der Waals surface area (Å²) in [7, 11) is 1.58. The van der Waals surface area contributed by atoms with Crippen molar-refractivity contribution in [2.24, 2.45) is 0 Å². The minimum atomic E-state index is 0.235. The van der Waals surface area contributed by atoms with Crippen LogP contribution in [-0.2, 0) is 0 Å². The number of hydrogen-bond donors (Lipinski definition) is 1. The van der Waals surface area contributed by atoms with Crippen LogP contribution >= 0.6 is 0 Å². The molecule has 0 amide bonds. The Kier molecular flexibility index (Phi) is 4.47. The molecular formula is C17H20N6O. The van der Waals surface area contributed by atoms with Gasteiger partial charge < -0.3 is 15.0 Å². The van der Waals surface area contributed by atoms with E-state index in [1.54, 1.807) is 13.2 Å². The Morgan fingerprint density at radius 1 is 1.33 bits per heavy atom. The maximum atomic E-state index is 9.45. The van der Waals surface area contributed by atoms with Gasteiger partial charge in [0.15, 0.2) is 0 Å². The second-order valence-corrected chi connectivity index (χ2v) is 5.91. The quantitative estimate of drug-likeness (QED) is 0.921. The van der Waals surface area contributed by atoms with E-state index in [9.17, 15) is 5.26 Å². The molecule has 7 heteroatoms. The van der Waals surface area contributed by atoms with E-state index in [0.29, 0.717) is 11.4 Å². The molecule has 0 saturated carbocycles. The highest BCUT2D eigenvalue weighted by atomic mass is 16.5. The summed E-state index contributed by atoms with van der Waals surface area (Å²) in [6.45, 7) is 5.54. The summed E-state index contributed by atoms with van der Waals surface area (Å²) in [5.74, 6) is 2.05. The highest BCUT2D eigenvalue weighted by molar-refractivity contribution is 5.59. The maximum absolute atomic E-state index is 9.45. The molecular weight excluding hydrogens is 304 g/mol. The van der Waals surface area contributed by atoms with Crippen molar-refractivity contribution in [3.8, 4) is 11.9 Å². The molecule has 3 rings (SSSR count). The molecule has 2 aromatic rings. The fourth-order valence-electron chi connectivity index (χ4n) is 2.99. The van der Waals surface area contributed by atoms with Gasteiger partial charge in [0.05, 0.1) is 12.7 Å². The zero-order chi connectivity index (χ0) is 17.1. The van der Waals surface area contributed by atoms with Crippen molar-refractivity contribution in [2.45, 2.75) is 26.3 Å². The third-order valence-electron chi connectivity index (χ3n) is 4.13. The number of anilines is 2. The molecule has 0 aromatic carbocycles. The smallest absolute Gasteiger partial charge is 0.218 e. The van der Waals surface area contributed by atoms with Gasteiger partial charge in [0.25, 0.3) is 0 Å². The number of nitrogens with zero attached hydrogens (tertiary/aromatic N) is 5. The van der Waals surface area contributed by atoms with Gasteiger partial charge in [0, 0.05) is 30.9 Å². The summed E-state index contributed by atoms with van der Waals surface area (Å²) >= 11 is 0. The first-order valence-corrected chi connectivity index (χ1v) is 7.86. The predicted molar refractivity (Wildman–Crippen MR) is 91.3 cm³/mol. The highest BCUT2D eigenvalue weighted by Gasteiger charge is 2.26. The first-order valence-electron chi connectivity index (χ1n) is 7.86. The lowest BCUT2D eigenvalue weighted by atomic mass is 10.1. The summed E-state index contributed by atoms with van der Waals surface area (Å²) < 4.78 is 5.12. The van der Waals surface area contributed by atoms with Gasteiger partial charge in [-0.3, -0.25) is 0 Å². The molecule has 1 atom stereocenters. The molecule has 1 saturated heterocycles. The molecule has 1 aliphatic rings. The van der Waals surface area contributed by atoms with Crippen LogP contribution in [0.25, 0.3) is 0 Å². The van der Waals surface area contributed by atoms with E-state index in [2.05, 4.69) is 31.2 Å². The van der Waals surface area contributed by atoms with Crippen LogP contribution in [0.5, 0.6) is 5.88 Å². The van der Waals surface area contributed by atoms with Crippen molar-refractivity contribution in [1.29, 1.82) is 5.26 Å². The summed E-state index contributed by atoms with van der Waals surface area (Å²) in [5, 5.41) is 12.8. The minimum Gasteiger partial charge on any atom is -0.481 e. The molecule has 2 aromatic heterocycles. The normalized spacial score (nSPS) is 16.8. The number of ether oxygens (including phenoxy) is 1. The second-order valence-electron chi connectivity index (χ2n) is 5.91. The molecule has 0 bridgehead atoms. The number of aryl methyl sites for hydroxylation is 2. The molecule has 1 unspecified atom stereocenters. The largest absolute Gasteiger partial charge is 0.481 e. The lowest BCUT2D eigenvalue weighted by Gasteiger charge is -2.20. The fourth-order valence-corrected chi connectivity index (χ4v) is 2.99. The van der Waals surface area contributed by atoms with Crippen molar-refractivity contribution >= 4 is 11.6 Å². The van der Waals surface area contributed by atoms with Crippen molar-refractivity contribution in [2.75, 3.05) is 30.4 Å². The Hall–Kier alpha value is -2.88. The van der Waals surface area contributed by atoms with Crippen LogP contribution in [0.4, 0.5) is 11.6 Å². The van der Waals surface area contributed by atoms with Gasteiger partial charge >= 0.3 is 0 Å². The first kappa shape index (κ1) is 16.0. The third kappa shape index (κ3) is 3.23. The molecule has 0 radical (unpaired) electrons. The molecule has 24 heavy (non-hydrogen) atoms. The lowest BCUT2D eigenvalue weighted by Crippen LogP contribution is -2.27. The van der Waals surface area contributed by atoms with Crippen molar-refractivity contribution in [3.05, 3.63) is 35.3 Å². The van der Waals surface area contributed by atoms with E-state index < -0.39 is 0 Å². The van der Waals surface area contributed by atoms with Crippen LogP contribution < -0.4 is 15.0 Å². The minimum absolute atomic E-state index is 0.235. The second kappa shape index (κ2) is 6.71. The summed E-state index contributed by atoms with van der Waals surface area (Å²) in [6.07, 6.45) is 2.43. The fraction of sp³-hybridized carbons (Fsp3) is 0.412. The van der Waals surface area contributed by atoms with Crippen LogP contribution in [0.15, 0.2) is 18.5 Å². The average molecular weight is 324 g/mol. The summed E-state index contributed by atoms with van der Waals surface area (Å²) in [4.78, 5) is 15.0. The van der Waals surface area contributed by atoms with E-state index in [4.69, 9.17) is 4.74 Å². The van der Waals surface area contributed by atoms with E-state index in [1.807, 2.05) is 19.9 Å². The Morgan fingerprint density at radius 3 is 2.92 bits per heavy atom. The van der Waals surface area contributed by atoms with Gasteiger partial charge in [-0.15, -0.1) is 0 Å². The summed E-state index contributed by atoms with van der Waals surface area (Å²) in [6, 6.07) is 6.24. The number of hydrogen-bond acceptors (Lipinski definition) is 7. The van der Waals surface area contributed by atoms with E-state index in [-0.39, 0.29) is 6.04 Å². The SMILES string of the molecule is COc1cc(NC2CCN(c3nc(C)cc(C)c3C#N)C2)ncn1. The van der Waals surface area contributed by atoms with Crippen molar-refractivity contribution < 1.29 is 4.74 Å². The van der Waals surface area contributed by atoms with Crippen molar-refractivity contribution in [3.63, 3.8) is 0 Å². The van der Waals surface area contributed by atoms with Crippen LogP contribution in [0, 0.1) is 25.2 Å². The molecule has 1 fully saturated rings. The molecule has 124 valence electrons. The van der Waals surface area contributed by atoms with Gasteiger partial charge in [-0.25, -0.2) is 15.0 Å². The molecule has 0 aliphatic carbocycles. The van der Waals surface area contributed by atoms with Crippen LogP contribution in [0.1, 0.15) is 23.2 Å². The number of aromatic nitrogens is 3. The van der Waals surface area contributed by atoms with Crippen LogP contribution in [0.3, 0.4) is 0 Å². The van der Waals surface area contributed by atoms with Gasteiger partial charge in [-0.1, -0.05) is 0 Å². The van der Waals surface area contributed by atoms with Crippen molar-refractivity contribution in [1.82, 2.24) is 15.0 Å². The first-order chi connectivity index (χ1) is 11.6. The molecule has 1 aliphatic heterocycles. The number of rotatable bonds is 4. The van der Waals surface area contributed by atoms with Crippen LogP contribution in [-0.4, -0.2) is 41.2 Å². The van der Waals surface area contributed by atoms with E-state index >= 15 is 0 Å². The van der Waals surface area contributed by atoms with Gasteiger partial charge in [-0.2, -0.15) is 5.26 Å². The zero-order valence-corrected chi connectivity index (χ0v) is 14.1. The Balaban J connectivity index is 1.75. The van der Waals surface area contributed by atoms with E-state index in [0.717, 1.165) is 42.4 Å². The average Bonchev–Trinajstić information content (AvgIpc) is 3.02. The number of nitriles is 1. The van der Waals surface area contributed by atoms with E-state index in [1.165, 1.54) is 6.33 Å². The number of nitrogens with one attached hydrogen (secondary N) is 1. The predicted octanol–water partition coefficient (Wildman–Crippen LogP) is 2.06. The monoisotopic (exact) mass is 324 g/mol. The Morgan fingerprint density at radius 2 is 2.17 bits per heavy atom. The third-order valence-corrected chi connectivity index (χ3v) is 4.13. The van der Waals surface area contributed by atoms with Gasteiger partial charge in [0.2, 0.25) is 5.88 Å². The Labute approximate surface area is 141 Å². The van der Waals surface area contributed by atoms with Gasteiger partial charge in [0.1, 0.15) is 24.0 Å².